The van der Waals surface area contributed by atoms with Crippen LogP contribution in [0.25, 0.3) is 11.0 Å². The topological polar surface area (TPSA) is 31.9 Å². The molecule has 20 heavy (non-hydrogen) atoms. The number of nitrogens with one attached hydrogen (secondary N) is 1. The van der Waals surface area contributed by atoms with Gasteiger partial charge in [0.1, 0.15) is 5.82 Å². The summed E-state index contributed by atoms with van der Waals surface area (Å²) in [5.41, 5.74) is 4.70. The minimum atomic E-state index is 0.207. The number of aryl methyl sites for hydroxylation is 2. The second-order valence-corrected chi connectivity index (χ2v) is 5.28. The predicted octanol–water partition coefficient (Wildman–Crippen LogP) is 3.91. The molecule has 2 aromatic rings. The molecule has 106 valence electrons. The number of imidazole rings is 1. The Balaban J connectivity index is 2.35. The van der Waals surface area contributed by atoms with E-state index in [4.69, 9.17) is 4.98 Å². The molecule has 3 heteroatoms. The molecular formula is C17H23N3. The van der Waals surface area contributed by atoms with Crippen molar-refractivity contribution >= 4 is 11.0 Å². The fourth-order valence-electron chi connectivity index (χ4n) is 2.38. The van der Waals surface area contributed by atoms with Crippen LogP contribution in [0.15, 0.2) is 37.4 Å². The lowest BCUT2D eigenvalue weighted by atomic mass is 10.1. The maximum absolute atomic E-state index is 4.73. The molecular weight excluding hydrogens is 246 g/mol. The minimum absolute atomic E-state index is 0.207. The largest absolute Gasteiger partial charge is 0.341 e. The summed E-state index contributed by atoms with van der Waals surface area (Å²) in [5, 5.41) is 0. The summed E-state index contributed by atoms with van der Waals surface area (Å²) < 4.78 is 0. The lowest BCUT2D eigenvalue weighted by Gasteiger charge is -2.24. The van der Waals surface area contributed by atoms with Gasteiger partial charge >= 0.3 is 0 Å². The van der Waals surface area contributed by atoms with Gasteiger partial charge in [-0.05, 0) is 44.0 Å². The van der Waals surface area contributed by atoms with E-state index in [0.29, 0.717) is 0 Å². The Hall–Kier alpha value is -1.87. The minimum Gasteiger partial charge on any atom is -0.341 e. The van der Waals surface area contributed by atoms with E-state index in [9.17, 15) is 0 Å². The molecule has 0 bridgehead atoms. The van der Waals surface area contributed by atoms with Gasteiger partial charge in [0.2, 0.25) is 0 Å². The van der Waals surface area contributed by atoms with Gasteiger partial charge in [0.25, 0.3) is 0 Å². The van der Waals surface area contributed by atoms with E-state index in [0.717, 1.165) is 29.9 Å². The molecule has 0 saturated heterocycles. The Morgan fingerprint density at radius 2 is 1.80 bits per heavy atom. The van der Waals surface area contributed by atoms with E-state index in [1.807, 2.05) is 12.2 Å². The molecule has 1 unspecified atom stereocenters. The Bertz CT molecular complexity index is 575. The van der Waals surface area contributed by atoms with E-state index in [1.165, 1.54) is 11.1 Å². The molecule has 1 aromatic carbocycles. The monoisotopic (exact) mass is 269 g/mol. The predicted molar refractivity (Wildman–Crippen MR) is 85.9 cm³/mol. The molecule has 0 saturated carbocycles. The van der Waals surface area contributed by atoms with Crippen molar-refractivity contribution in [3.63, 3.8) is 0 Å². The van der Waals surface area contributed by atoms with Crippen LogP contribution in [-0.4, -0.2) is 28.0 Å². The first-order valence-electron chi connectivity index (χ1n) is 6.99. The van der Waals surface area contributed by atoms with Crippen LogP contribution < -0.4 is 0 Å². The molecule has 0 aliphatic heterocycles. The van der Waals surface area contributed by atoms with Gasteiger partial charge in [0, 0.05) is 13.1 Å². The Kier molecular flexibility index (Phi) is 4.40. The Morgan fingerprint density at radius 3 is 2.40 bits per heavy atom. The fraction of sp³-hybridized carbons (Fsp3) is 0.353. The third-order valence-electron chi connectivity index (χ3n) is 3.79. The highest BCUT2D eigenvalue weighted by Gasteiger charge is 2.17. The van der Waals surface area contributed by atoms with Gasteiger partial charge in [-0.3, -0.25) is 4.90 Å². The number of H-pyrrole nitrogens is 1. The van der Waals surface area contributed by atoms with Gasteiger partial charge in [0.15, 0.2) is 0 Å². The zero-order valence-corrected chi connectivity index (χ0v) is 12.6. The highest BCUT2D eigenvalue weighted by atomic mass is 15.2. The van der Waals surface area contributed by atoms with Crippen LogP contribution in [0.1, 0.15) is 29.9 Å². The smallest absolute Gasteiger partial charge is 0.124 e. The normalized spacial score (nSPS) is 12.8. The highest BCUT2D eigenvalue weighted by molar-refractivity contribution is 5.77. The Morgan fingerprint density at radius 1 is 1.20 bits per heavy atom. The number of nitrogens with zero attached hydrogens (tertiary/aromatic N) is 2. The van der Waals surface area contributed by atoms with Crippen molar-refractivity contribution in [3.05, 3.63) is 54.4 Å². The summed E-state index contributed by atoms with van der Waals surface area (Å²) in [5.74, 6) is 0.994. The summed E-state index contributed by atoms with van der Waals surface area (Å²) >= 11 is 0. The van der Waals surface area contributed by atoms with Crippen molar-refractivity contribution in [3.8, 4) is 0 Å². The molecule has 1 heterocycles. The molecule has 1 aromatic heterocycles. The number of aromatic amines is 1. The van der Waals surface area contributed by atoms with Crippen LogP contribution in [0, 0.1) is 13.8 Å². The van der Waals surface area contributed by atoms with E-state index in [-0.39, 0.29) is 6.04 Å². The molecule has 0 amide bonds. The van der Waals surface area contributed by atoms with Crippen molar-refractivity contribution in [2.75, 3.05) is 13.1 Å². The molecule has 0 aliphatic carbocycles. The van der Waals surface area contributed by atoms with Crippen LogP contribution in [0.2, 0.25) is 0 Å². The van der Waals surface area contributed by atoms with Gasteiger partial charge in [-0.25, -0.2) is 4.98 Å². The molecule has 1 atom stereocenters. The molecule has 3 nitrogen and oxygen atoms in total. The summed E-state index contributed by atoms with van der Waals surface area (Å²) in [7, 11) is 0. The number of aromatic nitrogens is 2. The van der Waals surface area contributed by atoms with Crippen LogP contribution in [0.4, 0.5) is 0 Å². The molecule has 1 N–H and O–H groups in total. The van der Waals surface area contributed by atoms with Crippen molar-refractivity contribution in [1.29, 1.82) is 0 Å². The van der Waals surface area contributed by atoms with Gasteiger partial charge in [-0.2, -0.15) is 0 Å². The van der Waals surface area contributed by atoms with E-state index < -0.39 is 0 Å². The summed E-state index contributed by atoms with van der Waals surface area (Å²) in [6, 6.07) is 4.51. The van der Waals surface area contributed by atoms with Crippen molar-refractivity contribution < 1.29 is 0 Å². The molecule has 0 fully saturated rings. The molecule has 0 aliphatic rings. The first-order chi connectivity index (χ1) is 9.56. The van der Waals surface area contributed by atoms with E-state index in [2.05, 4.69) is 55.9 Å². The maximum atomic E-state index is 4.73. The number of fused-ring (bicyclic) bond motifs is 1. The van der Waals surface area contributed by atoms with Crippen LogP contribution >= 0.6 is 0 Å². The highest BCUT2D eigenvalue weighted by Crippen LogP contribution is 2.23. The first-order valence-corrected chi connectivity index (χ1v) is 6.99. The third-order valence-corrected chi connectivity index (χ3v) is 3.79. The molecule has 2 rings (SSSR count). The van der Waals surface area contributed by atoms with Gasteiger partial charge in [-0.15, -0.1) is 13.2 Å². The van der Waals surface area contributed by atoms with E-state index in [1.54, 1.807) is 0 Å². The van der Waals surface area contributed by atoms with Gasteiger partial charge < -0.3 is 4.98 Å². The van der Waals surface area contributed by atoms with Crippen LogP contribution in [-0.2, 0) is 0 Å². The third kappa shape index (κ3) is 2.83. The van der Waals surface area contributed by atoms with Crippen molar-refractivity contribution in [1.82, 2.24) is 14.9 Å². The first kappa shape index (κ1) is 14.5. The number of rotatable bonds is 6. The standard InChI is InChI=1S/C17H23N3/c1-6-8-20(9-7-2)14(5)17-18-15-10-12(3)13(4)11-16(15)19-17/h6-7,10-11,14H,1-2,8-9H2,3-5H3,(H,18,19). The van der Waals surface area contributed by atoms with Gasteiger partial charge in [0.05, 0.1) is 17.1 Å². The number of hydrogen-bond acceptors (Lipinski definition) is 2. The Labute approximate surface area is 121 Å². The second kappa shape index (κ2) is 6.06. The van der Waals surface area contributed by atoms with Crippen LogP contribution in [0.5, 0.6) is 0 Å². The average Bonchev–Trinajstić information content (AvgIpc) is 2.81. The lowest BCUT2D eigenvalue weighted by molar-refractivity contribution is 0.252. The number of benzene rings is 1. The zero-order chi connectivity index (χ0) is 14.7. The summed E-state index contributed by atoms with van der Waals surface area (Å²) in [6.07, 6.45) is 3.83. The summed E-state index contributed by atoms with van der Waals surface area (Å²) in [4.78, 5) is 10.4. The molecule has 0 spiro atoms. The van der Waals surface area contributed by atoms with Crippen LogP contribution in [0.3, 0.4) is 0 Å². The number of hydrogen-bond donors (Lipinski definition) is 1. The SMILES string of the molecule is C=CCN(CC=C)C(C)c1nc2cc(C)c(C)cc2[nH]1. The quantitative estimate of drug-likeness (QED) is 0.806. The average molecular weight is 269 g/mol. The fourth-order valence-corrected chi connectivity index (χ4v) is 2.38. The van der Waals surface area contributed by atoms with Gasteiger partial charge in [-0.1, -0.05) is 12.2 Å². The zero-order valence-electron chi connectivity index (χ0n) is 12.6. The molecule has 0 radical (unpaired) electrons. The maximum Gasteiger partial charge on any atom is 0.124 e. The summed E-state index contributed by atoms with van der Waals surface area (Å²) in [6.45, 7) is 15.7. The van der Waals surface area contributed by atoms with E-state index >= 15 is 0 Å². The lowest BCUT2D eigenvalue weighted by Crippen LogP contribution is -2.28. The van der Waals surface area contributed by atoms with Crippen molar-refractivity contribution in [2.45, 2.75) is 26.8 Å². The second-order valence-electron chi connectivity index (χ2n) is 5.28. The van der Waals surface area contributed by atoms with Crippen molar-refractivity contribution in [2.24, 2.45) is 0 Å².